The SMILES string of the molecule is COc1cccc(NOC(C)(C)C)c1C. The Bertz CT molecular complexity index is 329. The summed E-state index contributed by atoms with van der Waals surface area (Å²) in [6, 6.07) is 5.82. The fraction of sp³-hybridized carbons (Fsp3) is 0.500. The molecule has 84 valence electrons. The van der Waals surface area contributed by atoms with Crippen molar-refractivity contribution >= 4 is 5.69 Å². The van der Waals surface area contributed by atoms with Gasteiger partial charge in [0.15, 0.2) is 0 Å². The fourth-order valence-corrected chi connectivity index (χ4v) is 1.15. The molecular weight excluding hydrogens is 190 g/mol. The lowest BCUT2D eigenvalue weighted by atomic mass is 10.2. The van der Waals surface area contributed by atoms with Crippen molar-refractivity contribution in [3.05, 3.63) is 23.8 Å². The van der Waals surface area contributed by atoms with E-state index in [1.54, 1.807) is 7.11 Å². The first kappa shape index (κ1) is 11.9. The fourth-order valence-electron chi connectivity index (χ4n) is 1.15. The molecule has 0 atom stereocenters. The van der Waals surface area contributed by atoms with Gasteiger partial charge < -0.3 is 4.74 Å². The van der Waals surface area contributed by atoms with Gasteiger partial charge in [-0.15, -0.1) is 0 Å². The summed E-state index contributed by atoms with van der Waals surface area (Å²) in [6.07, 6.45) is 0. The summed E-state index contributed by atoms with van der Waals surface area (Å²) < 4.78 is 5.22. The molecule has 1 aromatic carbocycles. The van der Waals surface area contributed by atoms with Crippen LogP contribution in [0.15, 0.2) is 18.2 Å². The second kappa shape index (κ2) is 4.53. The molecule has 1 N–H and O–H groups in total. The van der Waals surface area contributed by atoms with Crippen LogP contribution in [0.4, 0.5) is 5.69 Å². The molecule has 0 fully saturated rings. The topological polar surface area (TPSA) is 30.5 Å². The summed E-state index contributed by atoms with van der Waals surface area (Å²) in [4.78, 5) is 5.49. The predicted octanol–water partition coefficient (Wildman–Crippen LogP) is 3.15. The van der Waals surface area contributed by atoms with Gasteiger partial charge in [0.05, 0.1) is 18.4 Å². The maximum absolute atomic E-state index is 5.49. The zero-order valence-electron chi connectivity index (χ0n) is 10.0. The zero-order valence-corrected chi connectivity index (χ0v) is 10.0. The minimum atomic E-state index is -0.213. The molecule has 0 spiro atoms. The Morgan fingerprint density at radius 2 is 1.87 bits per heavy atom. The molecule has 1 rings (SSSR count). The maximum atomic E-state index is 5.49. The highest BCUT2D eigenvalue weighted by Gasteiger charge is 2.12. The Hall–Kier alpha value is -1.22. The molecule has 0 aliphatic heterocycles. The van der Waals surface area contributed by atoms with Gasteiger partial charge in [-0.3, -0.25) is 10.3 Å². The van der Waals surface area contributed by atoms with Crippen LogP contribution in [0.5, 0.6) is 5.75 Å². The van der Waals surface area contributed by atoms with E-state index in [0.717, 1.165) is 17.0 Å². The Labute approximate surface area is 91.4 Å². The van der Waals surface area contributed by atoms with Crippen molar-refractivity contribution < 1.29 is 9.57 Å². The summed E-state index contributed by atoms with van der Waals surface area (Å²) in [7, 11) is 1.66. The third-order valence-electron chi connectivity index (χ3n) is 1.97. The first-order valence-electron chi connectivity index (χ1n) is 5.01. The van der Waals surface area contributed by atoms with Crippen LogP contribution < -0.4 is 10.2 Å². The van der Waals surface area contributed by atoms with E-state index in [2.05, 4.69) is 5.48 Å². The molecule has 0 saturated carbocycles. The van der Waals surface area contributed by atoms with E-state index in [-0.39, 0.29) is 5.60 Å². The van der Waals surface area contributed by atoms with Crippen molar-refractivity contribution in [1.82, 2.24) is 0 Å². The van der Waals surface area contributed by atoms with Gasteiger partial charge in [-0.05, 0) is 39.8 Å². The van der Waals surface area contributed by atoms with Crippen LogP contribution in [0.2, 0.25) is 0 Å². The van der Waals surface area contributed by atoms with E-state index in [1.807, 2.05) is 45.9 Å². The number of nitrogens with one attached hydrogen (secondary N) is 1. The van der Waals surface area contributed by atoms with Crippen LogP contribution in [0.1, 0.15) is 26.3 Å². The number of anilines is 1. The molecule has 0 heterocycles. The molecule has 0 radical (unpaired) electrons. The molecule has 3 nitrogen and oxygen atoms in total. The van der Waals surface area contributed by atoms with Crippen molar-refractivity contribution in [1.29, 1.82) is 0 Å². The molecule has 1 aromatic rings. The molecular formula is C12H19NO2. The van der Waals surface area contributed by atoms with Crippen LogP contribution in [-0.4, -0.2) is 12.7 Å². The minimum Gasteiger partial charge on any atom is -0.496 e. The van der Waals surface area contributed by atoms with E-state index < -0.39 is 0 Å². The highest BCUT2D eigenvalue weighted by atomic mass is 16.7. The van der Waals surface area contributed by atoms with Gasteiger partial charge >= 0.3 is 0 Å². The molecule has 0 aliphatic carbocycles. The van der Waals surface area contributed by atoms with E-state index in [1.165, 1.54) is 0 Å². The van der Waals surface area contributed by atoms with Crippen LogP contribution >= 0.6 is 0 Å². The largest absolute Gasteiger partial charge is 0.496 e. The summed E-state index contributed by atoms with van der Waals surface area (Å²) >= 11 is 0. The summed E-state index contributed by atoms with van der Waals surface area (Å²) in [6.45, 7) is 7.98. The third kappa shape index (κ3) is 3.44. The third-order valence-corrected chi connectivity index (χ3v) is 1.97. The second-order valence-electron chi connectivity index (χ2n) is 4.45. The average Bonchev–Trinajstić information content (AvgIpc) is 2.15. The monoisotopic (exact) mass is 209 g/mol. The lowest BCUT2D eigenvalue weighted by Gasteiger charge is -2.21. The molecule has 0 unspecified atom stereocenters. The van der Waals surface area contributed by atoms with Gasteiger partial charge in [-0.25, -0.2) is 0 Å². The number of ether oxygens (including phenoxy) is 1. The Morgan fingerprint density at radius 1 is 1.20 bits per heavy atom. The zero-order chi connectivity index (χ0) is 11.5. The van der Waals surface area contributed by atoms with Gasteiger partial charge in [-0.1, -0.05) is 6.07 Å². The number of hydrogen-bond donors (Lipinski definition) is 1. The lowest BCUT2D eigenvalue weighted by Crippen LogP contribution is -2.23. The molecule has 15 heavy (non-hydrogen) atoms. The second-order valence-corrected chi connectivity index (χ2v) is 4.45. The van der Waals surface area contributed by atoms with Gasteiger partial charge in [0, 0.05) is 5.56 Å². The lowest BCUT2D eigenvalue weighted by molar-refractivity contribution is 0.0373. The molecule has 3 heteroatoms. The smallest absolute Gasteiger partial charge is 0.123 e. The van der Waals surface area contributed by atoms with Crippen LogP contribution in [0, 0.1) is 6.92 Å². The Kier molecular flexibility index (Phi) is 3.58. The van der Waals surface area contributed by atoms with Crippen molar-refractivity contribution in [2.24, 2.45) is 0 Å². The molecule has 0 bridgehead atoms. The van der Waals surface area contributed by atoms with Crippen LogP contribution in [-0.2, 0) is 4.84 Å². The van der Waals surface area contributed by atoms with Gasteiger partial charge in [-0.2, -0.15) is 0 Å². The van der Waals surface area contributed by atoms with E-state index in [9.17, 15) is 0 Å². The normalized spacial score (nSPS) is 11.3. The minimum absolute atomic E-state index is 0.213. The highest BCUT2D eigenvalue weighted by molar-refractivity contribution is 5.55. The van der Waals surface area contributed by atoms with Crippen molar-refractivity contribution in [3.8, 4) is 5.75 Å². The van der Waals surface area contributed by atoms with Crippen molar-refractivity contribution in [3.63, 3.8) is 0 Å². The Balaban J connectivity index is 2.78. The first-order valence-corrected chi connectivity index (χ1v) is 5.01. The molecule has 0 amide bonds. The van der Waals surface area contributed by atoms with E-state index >= 15 is 0 Å². The predicted molar refractivity (Wildman–Crippen MR) is 62.2 cm³/mol. The summed E-state index contributed by atoms with van der Waals surface area (Å²) in [5.41, 5.74) is 4.71. The van der Waals surface area contributed by atoms with Crippen LogP contribution in [0.3, 0.4) is 0 Å². The van der Waals surface area contributed by atoms with Crippen molar-refractivity contribution in [2.75, 3.05) is 12.6 Å². The molecule has 0 aliphatic rings. The summed E-state index contributed by atoms with van der Waals surface area (Å²) in [5.74, 6) is 0.859. The number of methoxy groups -OCH3 is 1. The highest BCUT2D eigenvalue weighted by Crippen LogP contribution is 2.25. The van der Waals surface area contributed by atoms with E-state index in [4.69, 9.17) is 9.57 Å². The maximum Gasteiger partial charge on any atom is 0.123 e. The average molecular weight is 209 g/mol. The Morgan fingerprint density at radius 3 is 2.40 bits per heavy atom. The number of hydrogen-bond acceptors (Lipinski definition) is 3. The van der Waals surface area contributed by atoms with Gasteiger partial charge in [0.25, 0.3) is 0 Å². The number of rotatable bonds is 3. The molecule has 0 aromatic heterocycles. The standard InChI is InChI=1S/C12H19NO2/c1-9-10(13-15-12(2,3)4)7-6-8-11(9)14-5/h6-8,13H,1-5H3. The first-order chi connectivity index (χ1) is 6.94. The number of benzene rings is 1. The summed E-state index contributed by atoms with van der Waals surface area (Å²) in [5, 5.41) is 0. The molecule has 0 saturated heterocycles. The quantitative estimate of drug-likeness (QED) is 0.776. The van der Waals surface area contributed by atoms with Gasteiger partial charge in [0.1, 0.15) is 5.75 Å². The van der Waals surface area contributed by atoms with Gasteiger partial charge in [0.2, 0.25) is 0 Å². The van der Waals surface area contributed by atoms with E-state index in [0.29, 0.717) is 0 Å². The van der Waals surface area contributed by atoms with Crippen molar-refractivity contribution in [2.45, 2.75) is 33.3 Å². The van der Waals surface area contributed by atoms with Crippen LogP contribution in [0.25, 0.3) is 0 Å².